The molecule has 4 aliphatic carbocycles. The lowest BCUT2D eigenvalue weighted by Crippen LogP contribution is -2.46. The molecule has 1 N–H and O–H groups in total. The molecule has 4 rings (SSSR count). The van der Waals surface area contributed by atoms with E-state index in [0.29, 0.717) is 6.42 Å². The van der Waals surface area contributed by atoms with Crippen molar-refractivity contribution < 1.29 is 4.79 Å². The van der Waals surface area contributed by atoms with E-state index in [4.69, 9.17) is 5.26 Å². The van der Waals surface area contributed by atoms with Gasteiger partial charge in [0.2, 0.25) is 5.91 Å². The van der Waals surface area contributed by atoms with E-state index in [1.807, 2.05) is 0 Å². The van der Waals surface area contributed by atoms with E-state index in [0.717, 1.165) is 36.0 Å². The minimum atomic E-state index is -0.735. The van der Waals surface area contributed by atoms with Crippen molar-refractivity contribution in [3.8, 4) is 6.07 Å². The molecule has 0 aliphatic heterocycles. The van der Waals surface area contributed by atoms with E-state index >= 15 is 0 Å². The Morgan fingerprint density at radius 1 is 1.15 bits per heavy atom. The lowest BCUT2D eigenvalue weighted by atomic mass is 9.51. The fraction of sp³-hybridized carbons (Fsp3) is 0.882. The molecule has 1 amide bonds. The van der Waals surface area contributed by atoms with Crippen molar-refractivity contribution in [1.82, 2.24) is 5.32 Å². The van der Waals surface area contributed by atoms with Crippen molar-refractivity contribution in [2.24, 2.45) is 29.6 Å². The molecule has 20 heavy (non-hydrogen) atoms. The van der Waals surface area contributed by atoms with Gasteiger partial charge < -0.3 is 5.32 Å². The second kappa shape index (κ2) is 5.06. The third kappa shape index (κ3) is 2.71. The number of carbonyl (C=O) groups is 1. The zero-order valence-electron chi connectivity index (χ0n) is 12.7. The van der Waals surface area contributed by atoms with Gasteiger partial charge in [0.05, 0.1) is 6.07 Å². The van der Waals surface area contributed by atoms with Crippen molar-refractivity contribution in [3.05, 3.63) is 0 Å². The fourth-order valence-electron chi connectivity index (χ4n) is 5.25. The minimum absolute atomic E-state index is 0.0466. The third-order valence-electron chi connectivity index (χ3n) is 5.86. The van der Waals surface area contributed by atoms with Gasteiger partial charge >= 0.3 is 0 Å². The van der Waals surface area contributed by atoms with Crippen LogP contribution in [0.3, 0.4) is 0 Å². The molecule has 0 radical (unpaired) electrons. The maximum absolute atomic E-state index is 12.0. The SMILES string of the molecule is CC(C)(C#N)NC(=O)CCC1C2CC3CC(C2)CC1C3. The lowest BCUT2D eigenvalue weighted by molar-refractivity contribution is -0.123. The summed E-state index contributed by atoms with van der Waals surface area (Å²) in [7, 11) is 0. The van der Waals surface area contributed by atoms with Crippen LogP contribution in [0.5, 0.6) is 0 Å². The fourth-order valence-corrected chi connectivity index (χ4v) is 5.25. The van der Waals surface area contributed by atoms with Crippen LogP contribution in [0.15, 0.2) is 0 Å². The highest BCUT2D eigenvalue weighted by molar-refractivity contribution is 5.77. The van der Waals surface area contributed by atoms with Crippen molar-refractivity contribution in [3.63, 3.8) is 0 Å². The normalized spacial score (nSPS) is 38.5. The maximum atomic E-state index is 12.0. The molecule has 110 valence electrons. The van der Waals surface area contributed by atoms with Gasteiger partial charge in [-0.25, -0.2) is 0 Å². The Labute approximate surface area is 122 Å². The van der Waals surface area contributed by atoms with Gasteiger partial charge in [0.15, 0.2) is 0 Å². The molecule has 0 atom stereocenters. The van der Waals surface area contributed by atoms with Gasteiger partial charge in [-0.2, -0.15) is 5.26 Å². The van der Waals surface area contributed by atoms with E-state index in [9.17, 15) is 4.79 Å². The van der Waals surface area contributed by atoms with E-state index in [1.165, 1.54) is 32.1 Å². The summed E-state index contributed by atoms with van der Waals surface area (Å²) in [6.07, 6.45) is 8.79. The molecule has 0 aromatic heterocycles. The molecule has 3 nitrogen and oxygen atoms in total. The van der Waals surface area contributed by atoms with Gasteiger partial charge in [-0.05, 0) is 82.0 Å². The third-order valence-corrected chi connectivity index (χ3v) is 5.86. The van der Waals surface area contributed by atoms with Gasteiger partial charge in [0.1, 0.15) is 5.54 Å². The van der Waals surface area contributed by atoms with Crippen molar-refractivity contribution in [2.45, 2.75) is 64.3 Å². The first kappa shape index (κ1) is 13.9. The van der Waals surface area contributed by atoms with Crippen molar-refractivity contribution in [2.75, 3.05) is 0 Å². The molecular formula is C17H26N2O. The summed E-state index contributed by atoms with van der Waals surface area (Å²) in [6.45, 7) is 3.52. The summed E-state index contributed by atoms with van der Waals surface area (Å²) in [5, 5.41) is 11.8. The molecule has 4 fully saturated rings. The molecule has 0 heterocycles. The van der Waals surface area contributed by atoms with E-state index in [2.05, 4.69) is 11.4 Å². The highest BCUT2D eigenvalue weighted by Gasteiger charge is 2.47. The molecule has 4 aliphatic rings. The number of hydrogen-bond donors (Lipinski definition) is 1. The van der Waals surface area contributed by atoms with Crippen LogP contribution in [-0.2, 0) is 4.79 Å². The van der Waals surface area contributed by atoms with Crippen LogP contribution >= 0.6 is 0 Å². The summed E-state index contributed by atoms with van der Waals surface area (Å²) in [4.78, 5) is 12.0. The molecular weight excluding hydrogens is 248 g/mol. The first-order valence-electron chi connectivity index (χ1n) is 8.19. The summed E-state index contributed by atoms with van der Waals surface area (Å²) >= 11 is 0. The number of nitriles is 1. The van der Waals surface area contributed by atoms with Crippen LogP contribution in [0, 0.1) is 40.9 Å². The lowest BCUT2D eigenvalue weighted by Gasteiger charge is -2.54. The maximum Gasteiger partial charge on any atom is 0.221 e. The molecule has 4 bridgehead atoms. The first-order valence-corrected chi connectivity index (χ1v) is 8.19. The number of hydrogen-bond acceptors (Lipinski definition) is 2. The second-order valence-electron chi connectivity index (χ2n) is 7.92. The summed E-state index contributed by atoms with van der Waals surface area (Å²) < 4.78 is 0. The molecule has 0 aromatic rings. The Morgan fingerprint density at radius 3 is 2.20 bits per heavy atom. The molecule has 0 unspecified atom stereocenters. The van der Waals surface area contributed by atoms with Gasteiger partial charge in [-0.3, -0.25) is 4.79 Å². The first-order chi connectivity index (χ1) is 9.47. The highest BCUT2D eigenvalue weighted by atomic mass is 16.1. The Morgan fingerprint density at radius 2 is 1.70 bits per heavy atom. The van der Waals surface area contributed by atoms with Crippen LogP contribution in [0.1, 0.15) is 58.8 Å². The van der Waals surface area contributed by atoms with Gasteiger partial charge in [-0.1, -0.05) is 0 Å². The monoisotopic (exact) mass is 274 g/mol. The average molecular weight is 274 g/mol. The molecule has 0 spiro atoms. The van der Waals surface area contributed by atoms with E-state index in [1.54, 1.807) is 13.8 Å². The molecule has 3 heteroatoms. The zero-order valence-corrected chi connectivity index (χ0v) is 12.7. The van der Waals surface area contributed by atoms with Crippen LogP contribution < -0.4 is 5.32 Å². The Kier molecular flexibility index (Phi) is 3.52. The predicted molar refractivity (Wildman–Crippen MR) is 77.6 cm³/mol. The Balaban J connectivity index is 1.52. The number of amides is 1. The van der Waals surface area contributed by atoms with Gasteiger partial charge in [0, 0.05) is 6.42 Å². The number of nitrogens with one attached hydrogen (secondary N) is 1. The standard InChI is InChI=1S/C17H26N2O/c1-17(2,10-18)19-16(20)4-3-15-13-6-11-5-12(8-13)9-14(15)7-11/h11-15H,3-9H2,1-2H3,(H,19,20). The number of rotatable bonds is 4. The number of carbonyl (C=O) groups excluding carboxylic acids is 1. The van der Waals surface area contributed by atoms with E-state index < -0.39 is 5.54 Å². The van der Waals surface area contributed by atoms with E-state index in [-0.39, 0.29) is 5.91 Å². The summed E-state index contributed by atoms with van der Waals surface area (Å²) in [5.74, 6) is 4.61. The van der Waals surface area contributed by atoms with Gasteiger partial charge in [-0.15, -0.1) is 0 Å². The molecule has 0 aromatic carbocycles. The predicted octanol–water partition coefficient (Wildman–Crippen LogP) is 3.26. The van der Waals surface area contributed by atoms with Crippen LogP contribution in [-0.4, -0.2) is 11.4 Å². The summed E-state index contributed by atoms with van der Waals surface area (Å²) in [5.41, 5.74) is -0.735. The van der Waals surface area contributed by atoms with Gasteiger partial charge in [0.25, 0.3) is 0 Å². The number of nitrogens with zero attached hydrogens (tertiary/aromatic N) is 1. The minimum Gasteiger partial charge on any atom is -0.338 e. The topological polar surface area (TPSA) is 52.9 Å². The molecule has 4 saturated carbocycles. The Hall–Kier alpha value is -1.04. The zero-order chi connectivity index (χ0) is 14.3. The second-order valence-corrected chi connectivity index (χ2v) is 7.92. The average Bonchev–Trinajstić information content (AvgIpc) is 2.36. The van der Waals surface area contributed by atoms with Crippen LogP contribution in [0.2, 0.25) is 0 Å². The van der Waals surface area contributed by atoms with Crippen LogP contribution in [0.4, 0.5) is 0 Å². The molecule has 0 saturated heterocycles. The summed E-state index contributed by atoms with van der Waals surface area (Å²) in [6, 6.07) is 2.13. The Bertz CT molecular complexity index is 407. The highest BCUT2D eigenvalue weighted by Crippen LogP contribution is 2.57. The quantitative estimate of drug-likeness (QED) is 0.855. The largest absolute Gasteiger partial charge is 0.338 e. The van der Waals surface area contributed by atoms with Crippen LogP contribution in [0.25, 0.3) is 0 Å². The van der Waals surface area contributed by atoms with Crippen molar-refractivity contribution >= 4 is 5.91 Å². The van der Waals surface area contributed by atoms with Crippen molar-refractivity contribution in [1.29, 1.82) is 5.26 Å². The smallest absolute Gasteiger partial charge is 0.221 e.